The van der Waals surface area contributed by atoms with Crippen molar-refractivity contribution in [1.82, 2.24) is 4.90 Å². The maximum atomic E-state index is 8.90. The number of rotatable bonds is 4. The van der Waals surface area contributed by atoms with Crippen LogP contribution in [0.4, 0.5) is 0 Å². The third-order valence-electron chi connectivity index (χ3n) is 4.37. The molecule has 0 aliphatic heterocycles. The summed E-state index contributed by atoms with van der Waals surface area (Å²) < 4.78 is 0. The van der Waals surface area contributed by atoms with Crippen LogP contribution in [-0.4, -0.2) is 10.7 Å². The molecule has 3 rings (SSSR count). The van der Waals surface area contributed by atoms with E-state index >= 15 is 0 Å². The first kappa shape index (κ1) is 18.4. The average molecular weight is 352 g/mol. The summed E-state index contributed by atoms with van der Waals surface area (Å²) >= 11 is 0. The van der Waals surface area contributed by atoms with Gasteiger partial charge in [-0.25, -0.2) is 0 Å². The highest BCUT2D eigenvalue weighted by molar-refractivity contribution is 6.02. The molecule has 1 aliphatic rings. The highest BCUT2D eigenvalue weighted by atomic mass is 15.2. The van der Waals surface area contributed by atoms with Crippen molar-refractivity contribution in [2.45, 2.75) is 12.8 Å². The van der Waals surface area contributed by atoms with E-state index in [1.165, 1.54) is 0 Å². The SMILES string of the molecule is C=C(c1ccccc1)N(C(=N)c1ccccc1)\C1=C/C=C\C=C/C=C/CC1. The fraction of sp³-hybridized carbons (Fsp3) is 0.0800. The average Bonchev–Trinajstić information content (AvgIpc) is 2.74. The van der Waals surface area contributed by atoms with Crippen LogP contribution in [0, 0.1) is 5.41 Å². The van der Waals surface area contributed by atoms with E-state index < -0.39 is 0 Å². The second-order valence-electron chi connectivity index (χ2n) is 6.26. The molecule has 27 heavy (non-hydrogen) atoms. The molecule has 0 atom stereocenters. The molecule has 1 aliphatic carbocycles. The molecule has 0 radical (unpaired) electrons. The van der Waals surface area contributed by atoms with Crippen molar-refractivity contribution < 1.29 is 0 Å². The van der Waals surface area contributed by atoms with Crippen molar-refractivity contribution in [3.05, 3.63) is 127 Å². The predicted molar refractivity (Wildman–Crippen MR) is 115 cm³/mol. The largest absolute Gasteiger partial charge is 0.299 e. The number of nitrogens with zero attached hydrogens (tertiary/aromatic N) is 1. The summed E-state index contributed by atoms with van der Waals surface area (Å²) in [7, 11) is 0. The predicted octanol–water partition coefficient (Wildman–Crippen LogP) is 6.33. The summed E-state index contributed by atoms with van der Waals surface area (Å²) in [5.74, 6) is 0.431. The molecule has 0 saturated heterocycles. The first-order valence-electron chi connectivity index (χ1n) is 9.15. The van der Waals surface area contributed by atoms with E-state index in [0.29, 0.717) is 5.84 Å². The van der Waals surface area contributed by atoms with Gasteiger partial charge in [0.25, 0.3) is 0 Å². The molecule has 0 fully saturated rings. The van der Waals surface area contributed by atoms with Crippen LogP contribution in [0.2, 0.25) is 0 Å². The fourth-order valence-electron chi connectivity index (χ4n) is 2.97. The van der Waals surface area contributed by atoms with Crippen LogP contribution < -0.4 is 0 Å². The van der Waals surface area contributed by atoms with Crippen LogP contribution in [0.25, 0.3) is 5.70 Å². The minimum Gasteiger partial charge on any atom is -0.299 e. The Morgan fingerprint density at radius 2 is 1.37 bits per heavy atom. The Labute approximate surface area is 161 Å². The fourth-order valence-corrected chi connectivity index (χ4v) is 2.97. The summed E-state index contributed by atoms with van der Waals surface area (Å²) in [5, 5.41) is 8.90. The zero-order chi connectivity index (χ0) is 18.9. The smallest absolute Gasteiger partial charge is 0.136 e. The molecule has 0 saturated carbocycles. The standard InChI is InChI=1S/C25H24N2/c1-21(22-15-9-7-10-16-22)27(25(26)23-17-11-8-12-18-23)24-19-13-5-3-2-4-6-14-20-24/h2-13,15-19,26H,1,14,20H2/b3-2-,6-4+,13-5-,24-19-,26-25?. The van der Waals surface area contributed by atoms with Crippen LogP contribution in [-0.2, 0) is 0 Å². The molecular weight excluding hydrogens is 328 g/mol. The summed E-state index contributed by atoms with van der Waals surface area (Å²) in [6, 6.07) is 19.9. The van der Waals surface area contributed by atoms with Crippen LogP contribution in [0.5, 0.6) is 0 Å². The van der Waals surface area contributed by atoms with Gasteiger partial charge in [-0.05, 0) is 24.5 Å². The van der Waals surface area contributed by atoms with Crippen molar-refractivity contribution in [3.63, 3.8) is 0 Å². The normalized spacial score (nSPS) is 19.2. The van der Waals surface area contributed by atoms with E-state index in [1.807, 2.05) is 89.9 Å². The van der Waals surface area contributed by atoms with Crippen molar-refractivity contribution in [2.24, 2.45) is 0 Å². The molecule has 0 heterocycles. The Bertz CT molecular complexity index is 848. The molecule has 0 amide bonds. The van der Waals surface area contributed by atoms with Gasteiger partial charge in [0.15, 0.2) is 0 Å². The second-order valence-corrected chi connectivity index (χ2v) is 6.26. The molecule has 0 spiro atoms. The molecule has 2 heteroatoms. The Balaban J connectivity index is 2.03. The topological polar surface area (TPSA) is 27.1 Å². The van der Waals surface area contributed by atoms with Crippen LogP contribution in [0.1, 0.15) is 24.0 Å². The van der Waals surface area contributed by atoms with Gasteiger partial charge in [-0.2, -0.15) is 0 Å². The van der Waals surface area contributed by atoms with Gasteiger partial charge in [-0.1, -0.05) is 104 Å². The van der Waals surface area contributed by atoms with Crippen LogP contribution in [0.3, 0.4) is 0 Å². The molecule has 134 valence electrons. The molecule has 0 aromatic heterocycles. The van der Waals surface area contributed by atoms with Gasteiger partial charge in [-0.15, -0.1) is 0 Å². The van der Waals surface area contributed by atoms with Gasteiger partial charge in [0.2, 0.25) is 0 Å². The molecule has 0 unspecified atom stereocenters. The second kappa shape index (κ2) is 9.35. The maximum Gasteiger partial charge on any atom is 0.136 e. The number of benzene rings is 2. The molecular formula is C25H24N2. The van der Waals surface area contributed by atoms with Crippen molar-refractivity contribution in [3.8, 4) is 0 Å². The van der Waals surface area contributed by atoms with Gasteiger partial charge in [0.1, 0.15) is 5.84 Å². The van der Waals surface area contributed by atoms with Crippen molar-refractivity contribution >= 4 is 11.5 Å². The van der Waals surface area contributed by atoms with Crippen molar-refractivity contribution in [2.75, 3.05) is 0 Å². The number of nitrogens with one attached hydrogen (secondary N) is 1. The summed E-state index contributed by atoms with van der Waals surface area (Å²) in [4.78, 5) is 1.97. The molecule has 2 nitrogen and oxygen atoms in total. The molecule has 2 aromatic rings. The highest BCUT2D eigenvalue weighted by Crippen LogP contribution is 2.27. The lowest BCUT2D eigenvalue weighted by Gasteiger charge is -2.30. The van der Waals surface area contributed by atoms with Gasteiger partial charge in [0.05, 0.1) is 0 Å². The van der Waals surface area contributed by atoms with Gasteiger partial charge < -0.3 is 0 Å². The van der Waals surface area contributed by atoms with E-state index in [9.17, 15) is 0 Å². The number of allylic oxidation sites excluding steroid dienone is 8. The highest BCUT2D eigenvalue weighted by Gasteiger charge is 2.20. The lowest BCUT2D eigenvalue weighted by Crippen LogP contribution is -2.29. The Hall–Kier alpha value is -3.39. The minimum absolute atomic E-state index is 0.431. The van der Waals surface area contributed by atoms with Gasteiger partial charge in [0, 0.05) is 17.0 Å². The van der Waals surface area contributed by atoms with E-state index in [2.05, 4.69) is 24.8 Å². The van der Waals surface area contributed by atoms with E-state index in [4.69, 9.17) is 5.41 Å². The van der Waals surface area contributed by atoms with Crippen LogP contribution in [0.15, 0.2) is 115 Å². The Kier molecular flexibility index (Phi) is 6.37. The van der Waals surface area contributed by atoms with Gasteiger partial charge >= 0.3 is 0 Å². The molecule has 2 aromatic carbocycles. The van der Waals surface area contributed by atoms with E-state index in [-0.39, 0.29) is 0 Å². The maximum absolute atomic E-state index is 8.90. The first-order chi connectivity index (χ1) is 13.3. The number of hydrogen-bond donors (Lipinski definition) is 1. The Morgan fingerprint density at radius 1 is 0.778 bits per heavy atom. The zero-order valence-electron chi connectivity index (χ0n) is 15.4. The first-order valence-corrected chi connectivity index (χ1v) is 9.15. The van der Waals surface area contributed by atoms with E-state index in [0.717, 1.165) is 35.4 Å². The van der Waals surface area contributed by atoms with Gasteiger partial charge in [-0.3, -0.25) is 10.3 Å². The quantitative estimate of drug-likeness (QED) is 0.505. The minimum atomic E-state index is 0.431. The molecule has 0 bridgehead atoms. The lowest BCUT2D eigenvalue weighted by molar-refractivity contribution is 0.662. The summed E-state index contributed by atoms with van der Waals surface area (Å²) in [6.07, 6.45) is 16.1. The number of amidine groups is 1. The van der Waals surface area contributed by atoms with Crippen LogP contribution >= 0.6 is 0 Å². The Morgan fingerprint density at radius 3 is 2.07 bits per heavy atom. The number of hydrogen-bond acceptors (Lipinski definition) is 1. The van der Waals surface area contributed by atoms with Crippen molar-refractivity contribution in [1.29, 1.82) is 5.41 Å². The lowest BCUT2D eigenvalue weighted by atomic mass is 10.1. The monoisotopic (exact) mass is 352 g/mol. The summed E-state index contributed by atoms with van der Waals surface area (Å²) in [5.41, 5.74) is 3.73. The van der Waals surface area contributed by atoms with E-state index in [1.54, 1.807) is 0 Å². The third-order valence-corrected chi connectivity index (χ3v) is 4.37. The zero-order valence-corrected chi connectivity index (χ0v) is 15.4. The summed E-state index contributed by atoms with van der Waals surface area (Å²) in [6.45, 7) is 4.33. The molecule has 1 N–H and O–H groups in total. The third kappa shape index (κ3) is 4.83.